The molecule has 0 saturated carbocycles. The highest BCUT2D eigenvalue weighted by molar-refractivity contribution is 6.04. The summed E-state index contributed by atoms with van der Waals surface area (Å²) in [6, 6.07) is 4.88. The maximum absolute atomic E-state index is 12.3. The number of ether oxygens (including phenoxy) is 4. The first-order chi connectivity index (χ1) is 12.6. The zero-order valence-electron chi connectivity index (χ0n) is 14.4. The number of rotatable bonds is 3. The van der Waals surface area contributed by atoms with Crippen LogP contribution in [0.25, 0.3) is 0 Å². The summed E-state index contributed by atoms with van der Waals surface area (Å²) in [5, 5.41) is 2.72. The van der Waals surface area contributed by atoms with E-state index in [4.69, 9.17) is 18.9 Å². The number of esters is 2. The number of anilines is 1. The molecule has 138 valence electrons. The minimum atomic E-state index is -0.704. The molecule has 2 aliphatic rings. The van der Waals surface area contributed by atoms with Crippen molar-refractivity contribution in [2.75, 3.05) is 45.6 Å². The summed E-state index contributed by atoms with van der Waals surface area (Å²) in [6.45, 7) is 0.689. The zero-order valence-corrected chi connectivity index (χ0v) is 14.4. The van der Waals surface area contributed by atoms with Gasteiger partial charge in [-0.15, -0.1) is 0 Å². The Morgan fingerprint density at radius 3 is 2.69 bits per heavy atom. The summed E-state index contributed by atoms with van der Waals surface area (Å²) in [6.07, 6.45) is 0. The summed E-state index contributed by atoms with van der Waals surface area (Å²) in [7, 11) is 2.43. The lowest BCUT2D eigenvalue weighted by molar-refractivity contribution is -0.140. The van der Waals surface area contributed by atoms with E-state index in [1.165, 1.54) is 19.1 Å². The van der Waals surface area contributed by atoms with Gasteiger partial charge < -0.3 is 29.2 Å². The average Bonchev–Trinajstić information content (AvgIpc) is 2.87. The van der Waals surface area contributed by atoms with Crippen LogP contribution in [0.15, 0.2) is 29.5 Å². The molecule has 3 rings (SSSR count). The van der Waals surface area contributed by atoms with Crippen LogP contribution in [0, 0.1) is 0 Å². The number of fused-ring (bicyclic) bond motifs is 1. The average molecular weight is 362 g/mol. The summed E-state index contributed by atoms with van der Waals surface area (Å²) in [4.78, 5) is 38.0. The van der Waals surface area contributed by atoms with Gasteiger partial charge in [-0.1, -0.05) is 0 Å². The van der Waals surface area contributed by atoms with E-state index in [-0.39, 0.29) is 30.5 Å². The van der Waals surface area contributed by atoms with Crippen molar-refractivity contribution in [2.45, 2.75) is 0 Å². The summed E-state index contributed by atoms with van der Waals surface area (Å²) in [5.41, 5.74) is 0.863. The van der Waals surface area contributed by atoms with Crippen molar-refractivity contribution in [2.24, 2.45) is 0 Å². The number of amides is 1. The highest BCUT2D eigenvalue weighted by Gasteiger charge is 2.33. The molecule has 9 heteroatoms. The van der Waals surface area contributed by atoms with Gasteiger partial charge in [0.15, 0.2) is 0 Å². The number of hydrogen-bond donors (Lipinski definition) is 1. The largest absolute Gasteiger partial charge is 0.491 e. The van der Waals surface area contributed by atoms with Crippen LogP contribution in [0.4, 0.5) is 5.69 Å². The lowest BCUT2D eigenvalue weighted by atomic mass is 10.1. The van der Waals surface area contributed by atoms with Gasteiger partial charge in [0.05, 0.1) is 38.5 Å². The summed E-state index contributed by atoms with van der Waals surface area (Å²) >= 11 is 0. The predicted molar refractivity (Wildman–Crippen MR) is 88.6 cm³/mol. The molecule has 9 nitrogen and oxygen atoms in total. The lowest BCUT2D eigenvalue weighted by Gasteiger charge is -2.31. The Bertz CT molecular complexity index is 787. The number of benzene rings is 1. The Morgan fingerprint density at radius 1 is 1.19 bits per heavy atom. The standard InChI is InChI=1S/C17H18N2O7/c1-23-16(21)12-8-25-9-19(14(12)17(22)24-2)10-3-4-13-11(7-10)15(20)18-5-6-26-13/h3-4,7H,5-6,8-9H2,1-2H3,(H,18,20). The predicted octanol–water partition coefficient (Wildman–Crippen LogP) is 0.203. The van der Waals surface area contributed by atoms with Crippen molar-refractivity contribution >= 4 is 23.5 Å². The first kappa shape index (κ1) is 17.7. The molecule has 0 atom stereocenters. The first-order valence-electron chi connectivity index (χ1n) is 7.87. The van der Waals surface area contributed by atoms with Crippen molar-refractivity contribution in [3.63, 3.8) is 0 Å². The molecule has 0 fully saturated rings. The normalized spacial score (nSPS) is 16.8. The zero-order chi connectivity index (χ0) is 18.7. The minimum absolute atomic E-state index is 0.00614. The Hall–Kier alpha value is -3.07. The van der Waals surface area contributed by atoms with E-state index in [1.54, 1.807) is 18.2 Å². The van der Waals surface area contributed by atoms with Gasteiger partial charge in [0, 0.05) is 5.69 Å². The number of methoxy groups -OCH3 is 2. The van der Waals surface area contributed by atoms with Crippen LogP contribution in [0.3, 0.4) is 0 Å². The second-order valence-electron chi connectivity index (χ2n) is 5.50. The Morgan fingerprint density at radius 2 is 1.96 bits per heavy atom. The number of carbonyl (C=O) groups excluding carboxylic acids is 3. The van der Waals surface area contributed by atoms with Crippen molar-refractivity contribution < 1.29 is 33.3 Å². The van der Waals surface area contributed by atoms with Gasteiger partial charge in [-0.05, 0) is 18.2 Å². The third-order valence-corrected chi connectivity index (χ3v) is 4.00. The van der Waals surface area contributed by atoms with E-state index < -0.39 is 11.9 Å². The fourth-order valence-electron chi connectivity index (χ4n) is 2.76. The second-order valence-corrected chi connectivity index (χ2v) is 5.50. The smallest absolute Gasteiger partial charge is 0.355 e. The Balaban J connectivity index is 2.08. The third kappa shape index (κ3) is 3.21. The maximum Gasteiger partial charge on any atom is 0.355 e. The highest BCUT2D eigenvalue weighted by atomic mass is 16.5. The van der Waals surface area contributed by atoms with Gasteiger partial charge >= 0.3 is 11.9 Å². The van der Waals surface area contributed by atoms with E-state index in [0.717, 1.165) is 0 Å². The molecule has 0 unspecified atom stereocenters. The molecule has 2 aliphatic heterocycles. The summed E-state index contributed by atoms with van der Waals surface area (Å²) in [5.74, 6) is -1.23. The molecule has 0 bridgehead atoms. The second kappa shape index (κ2) is 7.44. The van der Waals surface area contributed by atoms with Gasteiger partial charge in [-0.25, -0.2) is 9.59 Å². The molecule has 0 spiro atoms. The molecule has 0 radical (unpaired) electrons. The molecular weight excluding hydrogens is 344 g/mol. The van der Waals surface area contributed by atoms with Crippen LogP contribution < -0.4 is 15.0 Å². The molecule has 2 heterocycles. The molecule has 1 aromatic rings. The van der Waals surface area contributed by atoms with E-state index >= 15 is 0 Å². The van der Waals surface area contributed by atoms with Gasteiger partial charge in [0.1, 0.15) is 24.8 Å². The van der Waals surface area contributed by atoms with Crippen LogP contribution in [-0.4, -0.2) is 58.6 Å². The van der Waals surface area contributed by atoms with Crippen LogP contribution >= 0.6 is 0 Å². The first-order valence-corrected chi connectivity index (χ1v) is 7.87. The van der Waals surface area contributed by atoms with Crippen molar-refractivity contribution in [3.05, 3.63) is 35.0 Å². The van der Waals surface area contributed by atoms with E-state index in [1.807, 2.05) is 0 Å². The fraction of sp³-hybridized carbons (Fsp3) is 0.353. The van der Waals surface area contributed by atoms with E-state index in [0.29, 0.717) is 30.2 Å². The third-order valence-electron chi connectivity index (χ3n) is 4.00. The van der Waals surface area contributed by atoms with E-state index in [2.05, 4.69) is 5.32 Å². The van der Waals surface area contributed by atoms with Crippen molar-refractivity contribution in [1.82, 2.24) is 5.32 Å². The lowest BCUT2D eigenvalue weighted by Crippen LogP contribution is -2.38. The summed E-state index contributed by atoms with van der Waals surface area (Å²) < 4.78 is 20.5. The van der Waals surface area contributed by atoms with Gasteiger partial charge in [-0.3, -0.25) is 4.79 Å². The minimum Gasteiger partial charge on any atom is -0.491 e. The molecular formula is C17H18N2O7. The molecule has 0 saturated heterocycles. The number of carbonyl (C=O) groups is 3. The van der Waals surface area contributed by atoms with E-state index in [9.17, 15) is 14.4 Å². The van der Waals surface area contributed by atoms with Gasteiger partial charge in [-0.2, -0.15) is 0 Å². The maximum atomic E-state index is 12.3. The van der Waals surface area contributed by atoms with Crippen LogP contribution in [-0.2, 0) is 23.8 Å². The molecule has 0 aliphatic carbocycles. The highest BCUT2D eigenvalue weighted by Crippen LogP contribution is 2.31. The van der Waals surface area contributed by atoms with Crippen LogP contribution in [0.2, 0.25) is 0 Å². The number of hydrogen-bond acceptors (Lipinski definition) is 8. The van der Waals surface area contributed by atoms with Gasteiger partial charge in [0.2, 0.25) is 0 Å². The molecule has 26 heavy (non-hydrogen) atoms. The Labute approximate surface area is 149 Å². The quantitative estimate of drug-likeness (QED) is 0.761. The molecule has 1 amide bonds. The fourth-order valence-corrected chi connectivity index (χ4v) is 2.76. The number of nitrogens with zero attached hydrogens (tertiary/aromatic N) is 1. The van der Waals surface area contributed by atoms with Crippen molar-refractivity contribution in [3.8, 4) is 5.75 Å². The van der Waals surface area contributed by atoms with Crippen LogP contribution in [0.1, 0.15) is 10.4 Å². The molecule has 0 aromatic heterocycles. The van der Waals surface area contributed by atoms with Crippen LogP contribution in [0.5, 0.6) is 5.75 Å². The molecule has 1 N–H and O–H groups in total. The monoisotopic (exact) mass is 362 g/mol. The topological polar surface area (TPSA) is 103 Å². The Kier molecular flexibility index (Phi) is 5.08. The van der Waals surface area contributed by atoms with Gasteiger partial charge in [0.25, 0.3) is 5.91 Å². The SMILES string of the molecule is COC(=O)C1=C(C(=O)OC)N(c2ccc3c(c2)C(=O)NCCO3)COC1. The van der Waals surface area contributed by atoms with Crippen molar-refractivity contribution in [1.29, 1.82) is 0 Å². The molecule has 1 aromatic carbocycles. The number of nitrogens with one attached hydrogen (secondary N) is 1.